The van der Waals surface area contributed by atoms with Gasteiger partial charge in [0, 0.05) is 23.0 Å². The molecule has 1 heterocycles. The van der Waals surface area contributed by atoms with Crippen LogP contribution in [0.1, 0.15) is 11.3 Å². The van der Waals surface area contributed by atoms with Gasteiger partial charge in [-0.15, -0.1) is 0 Å². The second-order valence-electron chi connectivity index (χ2n) is 6.41. The fourth-order valence-electron chi connectivity index (χ4n) is 2.85. The molecule has 156 valence electrons. The predicted octanol–water partition coefficient (Wildman–Crippen LogP) is 4.89. The van der Waals surface area contributed by atoms with Gasteiger partial charge in [-0.1, -0.05) is 23.7 Å². The Morgan fingerprint density at radius 2 is 1.97 bits per heavy atom. The van der Waals surface area contributed by atoms with Crippen LogP contribution in [0, 0.1) is 11.3 Å². The summed E-state index contributed by atoms with van der Waals surface area (Å²) in [6, 6.07) is 19.8. The Bertz CT molecular complexity index is 1090. The molecule has 31 heavy (non-hydrogen) atoms. The molecule has 0 unspecified atom stereocenters. The number of hydrogen-bond acceptors (Lipinski definition) is 5. The highest BCUT2D eigenvalue weighted by Gasteiger charge is 2.15. The van der Waals surface area contributed by atoms with Crippen LogP contribution in [0.15, 0.2) is 72.9 Å². The summed E-state index contributed by atoms with van der Waals surface area (Å²) in [4.78, 5) is 19.0. The highest BCUT2D eigenvalue weighted by Crippen LogP contribution is 2.28. The number of benzene rings is 2. The monoisotopic (exact) mass is 433 g/mol. The minimum atomic E-state index is -0.211. The highest BCUT2D eigenvalue weighted by molar-refractivity contribution is 6.30. The molecule has 0 saturated carbocycles. The first kappa shape index (κ1) is 21.9. The zero-order valence-corrected chi connectivity index (χ0v) is 17.6. The van der Waals surface area contributed by atoms with E-state index in [9.17, 15) is 4.79 Å². The summed E-state index contributed by atoms with van der Waals surface area (Å²) in [5, 5.41) is 9.27. The summed E-state index contributed by atoms with van der Waals surface area (Å²) >= 11 is 6.00. The number of nitriles is 1. The van der Waals surface area contributed by atoms with E-state index in [0.29, 0.717) is 28.8 Å². The molecule has 0 fully saturated rings. The number of nitrogens with zero attached hydrogens (tertiary/aromatic N) is 3. The quantitative estimate of drug-likeness (QED) is 0.472. The molecule has 0 radical (unpaired) electrons. The molecule has 6 nitrogen and oxygen atoms in total. The topological polar surface area (TPSA) is 75.4 Å². The standard InChI is InChI=1S/C24H20ClN3O3/c1-30-23-16-18(5-11-22(23)31-15-13-26)6-12-24(29)28(17-20-4-2-3-14-27-20)21-9-7-19(25)8-10-21/h2-12,14,16H,15,17H2,1H3/b12-6+. The van der Waals surface area contributed by atoms with Crippen molar-refractivity contribution in [2.24, 2.45) is 0 Å². The number of amides is 1. The Morgan fingerprint density at radius 1 is 1.16 bits per heavy atom. The Hall–Kier alpha value is -3.82. The van der Waals surface area contributed by atoms with Gasteiger partial charge in [-0.05, 0) is 60.2 Å². The third kappa shape index (κ3) is 6.08. The van der Waals surface area contributed by atoms with Crippen LogP contribution in [0.2, 0.25) is 5.02 Å². The summed E-state index contributed by atoms with van der Waals surface area (Å²) in [6.45, 7) is 0.240. The summed E-state index contributed by atoms with van der Waals surface area (Å²) < 4.78 is 10.6. The summed E-state index contributed by atoms with van der Waals surface area (Å²) in [5.74, 6) is 0.732. The van der Waals surface area contributed by atoms with Gasteiger partial charge in [-0.3, -0.25) is 9.78 Å². The van der Waals surface area contributed by atoms with Crippen molar-refractivity contribution in [3.63, 3.8) is 0 Å². The highest BCUT2D eigenvalue weighted by atomic mass is 35.5. The third-order valence-electron chi connectivity index (χ3n) is 4.35. The van der Waals surface area contributed by atoms with Crippen molar-refractivity contribution in [3.8, 4) is 17.6 Å². The molecule has 0 aliphatic carbocycles. The molecule has 3 aromatic rings. The largest absolute Gasteiger partial charge is 0.493 e. The number of carbonyl (C=O) groups is 1. The third-order valence-corrected chi connectivity index (χ3v) is 4.60. The summed E-state index contributed by atoms with van der Waals surface area (Å²) in [6.07, 6.45) is 4.88. The summed E-state index contributed by atoms with van der Waals surface area (Å²) in [5.41, 5.74) is 2.23. The van der Waals surface area contributed by atoms with E-state index in [1.165, 1.54) is 13.2 Å². The lowest BCUT2D eigenvalue weighted by Gasteiger charge is -2.21. The van der Waals surface area contributed by atoms with E-state index in [-0.39, 0.29) is 12.5 Å². The number of hydrogen-bond donors (Lipinski definition) is 0. The zero-order chi connectivity index (χ0) is 22.1. The second kappa shape index (κ2) is 10.8. The molecule has 0 saturated heterocycles. The molecule has 0 aliphatic rings. The van der Waals surface area contributed by atoms with Crippen LogP contribution in [0.3, 0.4) is 0 Å². The molecular formula is C24H20ClN3O3. The number of halogens is 1. The SMILES string of the molecule is COc1cc(/C=C/C(=O)N(Cc2ccccn2)c2ccc(Cl)cc2)ccc1OCC#N. The van der Waals surface area contributed by atoms with E-state index in [4.69, 9.17) is 26.3 Å². The van der Waals surface area contributed by atoms with Crippen LogP contribution in [0.4, 0.5) is 5.69 Å². The van der Waals surface area contributed by atoms with Crippen LogP contribution in [0.25, 0.3) is 6.08 Å². The summed E-state index contributed by atoms with van der Waals surface area (Å²) in [7, 11) is 1.52. The Labute approximate surface area is 185 Å². The van der Waals surface area contributed by atoms with Gasteiger partial charge in [0.05, 0.1) is 19.3 Å². The molecule has 0 spiro atoms. The van der Waals surface area contributed by atoms with E-state index >= 15 is 0 Å². The van der Waals surface area contributed by atoms with Crippen molar-refractivity contribution < 1.29 is 14.3 Å². The molecule has 0 N–H and O–H groups in total. The fraction of sp³-hybridized carbons (Fsp3) is 0.125. The lowest BCUT2D eigenvalue weighted by atomic mass is 10.1. The van der Waals surface area contributed by atoms with E-state index in [1.54, 1.807) is 59.6 Å². The van der Waals surface area contributed by atoms with Crippen molar-refractivity contribution in [2.75, 3.05) is 18.6 Å². The van der Waals surface area contributed by atoms with Gasteiger partial charge in [-0.25, -0.2) is 0 Å². The average Bonchev–Trinajstić information content (AvgIpc) is 2.81. The number of ether oxygens (including phenoxy) is 2. The Balaban J connectivity index is 1.83. The molecular weight excluding hydrogens is 414 g/mol. The number of methoxy groups -OCH3 is 1. The number of aromatic nitrogens is 1. The van der Waals surface area contributed by atoms with Crippen molar-refractivity contribution in [3.05, 3.63) is 89.2 Å². The van der Waals surface area contributed by atoms with Gasteiger partial charge in [0.1, 0.15) is 6.07 Å². The van der Waals surface area contributed by atoms with Crippen LogP contribution < -0.4 is 14.4 Å². The fourth-order valence-corrected chi connectivity index (χ4v) is 2.97. The molecule has 0 aliphatic heterocycles. The van der Waals surface area contributed by atoms with E-state index < -0.39 is 0 Å². The van der Waals surface area contributed by atoms with Crippen molar-refractivity contribution in [2.45, 2.75) is 6.54 Å². The molecule has 2 aromatic carbocycles. The molecule has 0 bridgehead atoms. The Kier molecular flexibility index (Phi) is 7.63. The number of anilines is 1. The van der Waals surface area contributed by atoms with Crippen molar-refractivity contribution in [1.29, 1.82) is 5.26 Å². The van der Waals surface area contributed by atoms with Crippen LogP contribution in [-0.4, -0.2) is 24.6 Å². The molecule has 7 heteroatoms. The number of rotatable bonds is 8. The van der Waals surface area contributed by atoms with Crippen LogP contribution in [0.5, 0.6) is 11.5 Å². The maximum Gasteiger partial charge on any atom is 0.251 e. The normalized spacial score (nSPS) is 10.5. The van der Waals surface area contributed by atoms with Gasteiger partial charge in [0.15, 0.2) is 18.1 Å². The predicted molar refractivity (Wildman–Crippen MR) is 120 cm³/mol. The van der Waals surface area contributed by atoms with Crippen LogP contribution in [-0.2, 0) is 11.3 Å². The van der Waals surface area contributed by atoms with E-state index in [1.807, 2.05) is 24.3 Å². The first-order valence-corrected chi connectivity index (χ1v) is 9.81. The molecule has 1 amide bonds. The van der Waals surface area contributed by atoms with Gasteiger partial charge < -0.3 is 14.4 Å². The van der Waals surface area contributed by atoms with Crippen LogP contribution >= 0.6 is 11.6 Å². The van der Waals surface area contributed by atoms with Crippen molar-refractivity contribution >= 4 is 29.3 Å². The van der Waals surface area contributed by atoms with Gasteiger partial charge in [0.2, 0.25) is 0 Å². The molecule has 0 atom stereocenters. The minimum absolute atomic E-state index is 0.0758. The lowest BCUT2D eigenvalue weighted by Crippen LogP contribution is -2.29. The zero-order valence-electron chi connectivity index (χ0n) is 16.9. The lowest BCUT2D eigenvalue weighted by molar-refractivity contribution is -0.114. The smallest absolute Gasteiger partial charge is 0.251 e. The first-order valence-electron chi connectivity index (χ1n) is 9.43. The average molecular weight is 434 g/mol. The minimum Gasteiger partial charge on any atom is -0.493 e. The van der Waals surface area contributed by atoms with Crippen molar-refractivity contribution in [1.82, 2.24) is 4.98 Å². The maximum absolute atomic E-state index is 13.1. The maximum atomic E-state index is 13.1. The van der Waals surface area contributed by atoms with E-state index in [0.717, 1.165) is 11.3 Å². The molecule has 1 aromatic heterocycles. The van der Waals surface area contributed by atoms with Gasteiger partial charge >= 0.3 is 0 Å². The first-order chi connectivity index (χ1) is 15.1. The van der Waals surface area contributed by atoms with E-state index in [2.05, 4.69) is 4.98 Å². The number of carbonyl (C=O) groups excluding carboxylic acids is 1. The van der Waals surface area contributed by atoms with Gasteiger partial charge in [0.25, 0.3) is 5.91 Å². The second-order valence-corrected chi connectivity index (χ2v) is 6.85. The van der Waals surface area contributed by atoms with Gasteiger partial charge in [-0.2, -0.15) is 5.26 Å². The number of pyridine rings is 1. The Morgan fingerprint density at radius 3 is 2.65 bits per heavy atom. The molecule has 3 rings (SSSR count).